The van der Waals surface area contributed by atoms with E-state index in [1.54, 1.807) is 13.2 Å². The second-order valence-electron chi connectivity index (χ2n) is 4.86. The molecule has 0 radical (unpaired) electrons. The van der Waals surface area contributed by atoms with Gasteiger partial charge < -0.3 is 14.7 Å². The number of aliphatic carboxylic acids is 1. The molecule has 0 aliphatic rings. The first-order valence-electron chi connectivity index (χ1n) is 6.95. The smallest absolute Gasteiger partial charge is 0.328 e. The zero-order valence-electron chi connectivity index (χ0n) is 12.7. The van der Waals surface area contributed by atoms with Gasteiger partial charge in [-0.1, -0.05) is 6.92 Å². The van der Waals surface area contributed by atoms with E-state index >= 15 is 0 Å². The molecule has 0 amide bonds. The molecule has 1 unspecified atom stereocenters. The molecule has 0 fully saturated rings. The summed E-state index contributed by atoms with van der Waals surface area (Å²) in [5.41, 5.74) is 1.25. The summed E-state index contributed by atoms with van der Waals surface area (Å²) in [6.45, 7) is 5.32. The predicted octanol–water partition coefficient (Wildman–Crippen LogP) is 3.17. The number of carbonyl (C=O) groups is 1. The molecule has 0 aromatic heterocycles. The van der Waals surface area contributed by atoms with E-state index in [-0.39, 0.29) is 11.9 Å². The van der Waals surface area contributed by atoms with Crippen LogP contribution in [0.2, 0.25) is 0 Å². The van der Waals surface area contributed by atoms with Crippen molar-refractivity contribution in [1.82, 2.24) is 0 Å². The van der Waals surface area contributed by atoms with Crippen LogP contribution in [-0.2, 0) is 9.53 Å². The maximum absolute atomic E-state index is 13.8. The number of carboxylic acids is 1. The van der Waals surface area contributed by atoms with E-state index in [9.17, 15) is 9.18 Å². The van der Waals surface area contributed by atoms with Crippen LogP contribution in [0.1, 0.15) is 25.8 Å². The van der Waals surface area contributed by atoms with Gasteiger partial charge in [-0.05, 0) is 43.2 Å². The first kappa shape index (κ1) is 17.2. The van der Waals surface area contributed by atoms with E-state index in [1.165, 1.54) is 18.2 Å². The highest BCUT2D eigenvalue weighted by Gasteiger charge is 2.14. The Morgan fingerprint density at radius 1 is 1.48 bits per heavy atom. The van der Waals surface area contributed by atoms with Gasteiger partial charge in [-0.2, -0.15) is 0 Å². The number of carboxylic acid groups (broad SMARTS) is 1. The minimum atomic E-state index is -1.06. The molecular weight excluding hydrogens is 273 g/mol. The zero-order valence-corrected chi connectivity index (χ0v) is 12.7. The van der Waals surface area contributed by atoms with E-state index in [4.69, 9.17) is 9.84 Å². The summed E-state index contributed by atoms with van der Waals surface area (Å²) >= 11 is 0. The average Bonchev–Trinajstić information content (AvgIpc) is 2.44. The molecule has 0 saturated heterocycles. The molecule has 1 atom stereocenters. The SMILES string of the molecule is CCC(C)N(CCOC)c1cc(F)cc(/C=C/C(=O)O)c1. The van der Waals surface area contributed by atoms with Crippen LogP contribution < -0.4 is 4.90 Å². The van der Waals surface area contributed by atoms with Crippen molar-refractivity contribution in [2.45, 2.75) is 26.3 Å². The van der Waals surface area contributed by atoms with Crippen LogP contribution in [0.5, 0.6) is 0 Å². The van der Waals surface area contributed by atoms with Gasteiger partial charge in [0.15, 0.2) is 0 Å². The van der Waals surface area contributed by atoms with Crippen molar-refractivity contribution in [3.8, 4) is 0 Å². The van der Waals surface area contributed by atoms with E-state index in [0.29, 0.717) is 18.7 Å². The number of benzene rings is 1. The lowest BCUT2D eigenvalue weighted by atomic mass is 10.1. The van der Waals surface area contributed by atoms with Crippen LogP contribution in [0.4, 0.5) is 10.1 Å². The fourth-order valence-electron chi connectivity index (χ4n) is 2.04. The minimum absolute atomic E-state index is 0.234. The van der Waals surface area contributed by atoms with Gasteiger partial charge in [-0.15, -0.1) is 0 Å². The van der Waals surface area contributed by atoms with Crippen molar-refractivity contribution >= 4 is 17.7 Å². The minimum Gasteiger partial charge on any atom is -0.478 e. The van der Waals surface area contributed by atoms with Gasteiger partial charge in [-0.3, -0.25) is 0 Å². The summed E-state index contributed by atoms with van der Waals surface area (Å²) in [5.74, 6) is -1.44. The topological polar surface area (TPSA) is 49.8 Å². The van der Waals surface area contributed by atoms with E-state index in [0.717, 1.165) is 18.2 Å². The van der Waals surface area contributed by atoms with Gasteiger partial charge in [0.05, 0.1) is 6.61 Å². The third kappa shape index (κ3) is 5.55. The highest BCUT2D eigenvalue weighted by atomic mass is 19.1. The van der Waals surface area contributed by atoms with Gasteiger partial charge >= 0.3 is 5.97 Å². The zero-order chi connectivity index (χ0) is 15.8. The van der Waals surface area contributed by atoms with Crippen molar-refractivity contribution in [2.24, 2.45) is 0 Å². The molecule has 0 spiro atoms. The summed E-state index contributed by atoms with van der Waals surface area (Å²) in [7, 11) is 1.63. The van der Waals surface area contributed by atoms with Crippen LogP contribution in [0.15, 0.2) is 24.3 Å². The van der Waals surface area contributed by atoms with Crippen molar-refractivity contribution in [2.75, 3.05) is 25.2 Å². The Morgan fingerprint density at radius 3 is 2.76 bits per heavy atom. The van der Waals surface area contributed by atoms with Crippen molar-refractivity contribution < 1.29 is 19.0 Å². The highest BCUT2D eigenvalue weighted by molar-refractivity contribution is 5.85. The lowest BCUT2D eigenvalue weighted by molar-refractivity contribution is -0.131. The van der Waals surface area contributed by atoms with Gasteiger partial charge in [0.25, 0.3) is 0 Å². The molecule has 1 rings (SSSR count). The fraction of sp³-hybridized carbons (Fsp3) is 0.438. The van der Waals surface area contributed by atoms with E-state index in [2.05, 4.69) is 18.7 Å². The van der Waals surface area contributed by atoms with Gasteiger partial charge in [-0.25, -0.2) is 9.18 Å². The first-order valence-corrected chi connectivity index (χ1v) is 6.95. The van der Waals surface area contributed by atoms with Crippen LogP contribution in [0.25, 0.3) is 6.08 Å². The summed E-state index contributed by atoms with van der Waals surface area (Å²) in [6, 6.07) is 4.79. The number of ether oxygens (including phenoxy) is 1. The van der Waals surface area contributed by atoms with E-state index < -0.39 is 5.97 Å². The maximum Gasteiger partial charge on any atom is 0.328 e. The number of rotatable bonds is 8. The van der Waals surface area contributed by atoms with Crippen LogP contribution >= 0.6 is 0 Å². The monoisotopic (exact) mass is 295 g/mol. The number of nitrogens with zero attached hydrogens (tertiary/aromatic N) is 1. The van der Waals surface area contributed by atoms with Crippen LogP contribution in [0.3, 0.4) is 0 Å². The Balaban J connectivity index is 3.09. The fourth-order valence-corrected chi connectivity index (χ4v) is 2.04. The second kappa shape index (κ2) is 8.42. The summed E-state index contributed by atoms with van der Waals surface area (Å²) in [4.78, 5) is 12.6. The number of hydrogen-bond donors (Lipinski definition) is 1. The quantitative estimate of drug-likeness (QED) is 0.748. The number of anilines is 1. The second-order valence-corrected chi connectivity index (χ2v) is 4.86. The number of hydrogen-bond acceptors (Lipinski definition) is 3. The molecule has 21 heavy (non-hydrogen) atoms. The van der Waals surface area contributed by atoms with Gasteiger partial charge in [0.1, 0.15) is 5.82 Å². The van der Waals surface area contributed by atoms with Gasteiger partial charge in [0.2, 0.25) is 0 Å². The summed E-state index contributed by atoms with van der Waals surface area (Å²) < 4.78 is 18.9. The molecule has 1 aromatic rings. The highest BCUT2D eigenvalue weighted by Crippen LogP contribution is 2.22. The maximum atomic E-state index is 13.8. The van der Waals surface area contributed by atoms with Crippen molar-refractivity contribution in [3.05, 3.63) is 35.7 Å². The third-order valence-corrected chi connectivity index (χ3v) is 3.31. The van der Waals surface area contributed by atoms with Crippen molar-refractivity contribution in [1.29, 1.82) is 0 Å². The molecule has 116 valence electrons. The summed E-state index contributed by atoms with van der Waals surface area (Å²) in [6.07, 6.45) is 3.31. The molecule has 4 nitrogen and oxygen atoms in total. The Labute approximate surface area is 124 Å². The average molecular weight is 295 g/mol. The Morgan fingerprint density at radius 2 is 2.19 bits per heavy atom. The number of halogens is 1. The van der Waals surface area contributed by atoms with Crippen molar-refractivity contribution in [3.63, 3.8) is 0 Å². The normalized spacial score (nSPS) is 12.6. The third-order valence-electron chi connectivity index (χ3n) is 3.31. The molecule has 1 N–H and O–H groups in total. The first-order chi connectivity index (χ1) is 9.97. The molecule has 0 aliphatic carbocycles. The lowest BCUT2D eigenvalue weighted by Gasteiger charge is -2.31. The largest absolute Gasteiger partial charge is 0.478 e. The predicted molar refractivity (Wildman–Crippen MR) is 82.0 cm³/mol. The Kier molecular flexibility index (Phi) is 6.88. The number of methoxy groups -OCH3 is 1. The Bertz CT molecular complexity index is 502. The van der Waals surface area contributed by atoms with Crippen LogP contribution in [0, 0.1) is 5.82 Å². The molecule has 5 heteroatoms. The summed E-state index contributed by atoms with van der Waals surface area (Å²) in [5, 5.41) is 8.66. The molecule has 0 bridgehead atoms. The molecule has 0 saturated carbocycles. The molecule has 0 heterocycles. The standard InChI is InChI=1S/C16H22FNO3/c1-4-12(2)18(7-8-21-3)15-10-13(5-6-16(19)20)9-14(17)11-15/h5-6,9-12H,4,7-8H2,1-3H3,(H,19,20)/b6-5+. The Hall–Kier alpha value is -1.88. The lowest BCUT2D eigenvalue weighted by Crippen LogP contribution is -2.35. The molecular formula is C16H22FNO3. The van der Waals surface area contributed by atoms with E-state index in [1.807, 2.05) is 0 Å². The molecule has 0 aliphatic heterocycles. The van der Waals surface area contributed by atoms with Crippen LogP contribution in [-0.4, -0.2) is 37.4 Å². The van der Waals surface area contributed by atoms with Gasteiger partial charge in [0, 0.05) is 31.5 Å². The molecule has 1 aromatic carbocycles.